The molecule has 1 aromatic heterocycles. The van der Waals surface area contributed by atoms with Gasteiger partial charge < -0.3 is 10.1 Å². The number of carbonyl (C=O) groups excluding carboxylic acids is 1. The van der Waals surface area contributed by atoms with Crippen LogP contribution in [0.4, 0.5) is 5.69 Å². The van der Waals surface area contributed by atoms with Crippen LogP contribution in [0.15, 0.2) is 60.8 Å². The average Bonchev–Trinajstić information content (AvgIpc) is 2.73. The van der Waals surface area contributed by atoms with Gasteiger partial charge in [0, 0.05) is 29.6 Å². The van der Waals surface area contributed by atoms with Gasteiger partial charge in [-0.25, -0.2) is 4.98 Å². The first-order valence-corrected chi connectivity index (χ1v) is 10.1. The van der Waals surface area contributed by atoms with Crippen molar-refractivity contribution in [2.24, 2.45) is 0 Å². The zero-order chi connectivity index (χ0) is 20.8. The number of nitrogens with zero attached hydrogens (tertiary/aromatic N) is 1. The highest BCUT2D eigenvalue weighted by molar-refractivity contribution is 6.29. The normalized spacial score (nSPS) is 10.8. The number of rotatable bonds is 8. The van der Waals surface area contributed by atoms with Crippen LogP contribution in [0, 0.1) is 0 Å². The molecule has 150 valence electrons. The lowest BCUT2D eigenvalue weighted by Crippen LogP contribution is -2.09. The van der Waals surface area contributed by atoms with Crippen LogP contribution in [-0.4, -0.2) is 17.4 Å². The number of pyridine rings is 1. The maximum atomic E-state index is 13.2. The Balaban J connectivity index is 1.88. The van der Waals surface area contributed by atoms with E-state index in [1.807, 2.05) is 49.4 Å². The largest absolute Gasteiger partial charge is 0.494 e. The van der Waals surface area contributed by atoms with Crippen LogP contribution in [0.2, 0.25) is 5.15 Å². The average molecular weight is 409 g/mol. The third kappa shape index (κ3) is 5.36. The Morgan fingerprint density at radius 1 is 1.10 bits per heavy atom. The molecule has 0 aliphatic carbocycles. The number of ketones is 1. The second kappa shape index (κ2) is 9.57. The zero-order valence-corrected chi connectivity index (χ0v) is 17.7. The van der Waals surface area contributed by atoms with Gasteiger partial charge in [-0.1, -0.05) is 55.8 Å². The molecular weight excluding hydrogens is 384 g/mol. The lowest BCUT2D eigenvalue weighted by molar-refractivity contribution is 0.103. The third-order valence-electron chi connectivity index (χ3n) is 4.66. The van der Waals surface area contributed by atoms with Crippen molar-refractivity contribution >= 4 is 23.1 Å². The highest BCUT2D eigenvalue weighted by atomic mass is 35.5. The van der Waals surface area contributed by atoms with E-state index in [1.165, 1.54) is 5.56 Å². The monoisotopic (exact) mass is 408 g/mol. The predicted octanol–water partition coefficient (Wildman–Crippen LogP) is 6.10. The molecule has 0 saturated carbocycles. The Morgan fingerprint density at radius 2 is 1.86 bits per heavy atom. The summed E-state index contributed by atoms with van der Waals surface area (Å²) in [6.07, 6.45) is 1.72. The molecule has 0 bridgehead atoms. The fourth-order valence-corrected chi connectivity index (χ4v) is 3.12. The molecule has 0 spiro atoms. The lowest BCUT2D eigenvalue weighted by Gasteiger charge is -2.14. The molecule has 1 N–H and O–H groups in total. The molecule has 3 rings (SSSR count). The van der Waals surface area contributed by atoms with Gasteiger partial charge in [0.25, 0.3) is 0 Å². The number of hydrogen-bond donors (Lipinski definition) is 1. The molecule has 0 saturated heterocycles. The quantitative estimate of drug-likeness (QED) is 0.361. The van der Waals surface area contributed by atoms with E-state index in [1.54, 1.807) is 18.3 Å². The Morgan fingerprint density at radius 3 is 2.48 bits per heavy atom. The summed E-state index contributed by atoms with van der Waals surface area (Å²) in [5.74, 6) is 1.05. The van der Waals surface area contributed by atoms with Crippen molar-refractivity contribution in [2.75, 3.05) is 11.9 Å². The van der Waals surface area contributed by atoms with Crippen LogP contribution in [0.3, 0.4) is 0 Å². The fourth-order valence-electron chi connectivity index (χ4n) is 3.01. The second-order valence-electron chi connectivity index (χ2n) is 7.09. The molecule has 0 fully saturated rings. The van der Waals surface area contributed by atoms with Crippen LogP contribution in [0.1, 0.15) is 53.7 Å². The van der Waals surface area contributed by atoms with Crippen molar-refractivity contribution in [1.29, 1.82) is 0 Å². The Bertz CT molecular complexity index is 967. The number of nitrogens with one attached hydrogen (secondary N) is 1. The number of carbonyl (C=O) groups is 1. The van der Waals surface area contributed by atoms with E-state index in [0.29, 0.717) is 41.1 Å². The van der Waals surface area contributed by atoms with E-state index in [0.717, 1.165) is 11.3 Å². The molecule has 29 heavy (non-hydrogen) atoms. The van der Waals surface area contributed by atoms with Crippen molar-refractivity contribution in [2.45, 2.75) is 33.2 Å². The summed E-state index contributed by atoms with van der Waals surface area (Å²) in [6, 6.07) is 17.0. The minimum Gasteiger partial charge on any atom is -0.494 e. The Hall–Kier alpha value is -2.85. The zero-order valence-electron chi connectivity index (χ0n) is 16.9. The summed E-state index contributed by atoms with van der Waals surface area (Å²) in [7, 11) is 0. The van der Waals surface area contributed by atoms with Gasteiger partial charge in [0.05, 0.1) is 6.61 Å². The Kier molecular flexibility index (Phi) is 6.89. The third-order valence-corrected chi connectivity index (χ3v) is 4.88. The molecule has 0 atom stereocenters. The molecule has 2 aromatic carbocycles. The van der Waals surface area contributed by atoms with Gasteiger partial charge in [-0.3, -0.25) is 4.79 Å². The van der Waals surface area contributed by atoms with E-state index in [9.17, 15) is 4.79 Å². The molecule has 3 aromatic rings. The van der Waals surface area contributed by atoms with E-state index in [4.69, 9.17) is 16.3 Å². The topological polar surface area (TPSA) is 51.2 Å². The molecule has 0 aliphatic heterocycles. The SMILES string of the molecule is CCOc1ccc(NCc2ccc(Cl)nc2)c(C(=O)c2ccc(C(C)C)cc2)c1. The minimum atomic E-state index is -0.0430. The highest BCUT2D eigenvalue weighted by Gasteiger charge is 2.16. The first kappa shape index (κ1) is 20.9. The molecule has 1 heterocycles. The van der Waals surface area contributed by atoms with Gasteiger partial charge in [-0.2, -0.15) is 0 Å². The predicted molar refractivity (Wildman–Crippen MR) is 118 cm³/mol. The van der Waals surface area contributed by atoms with Crippen LogP contribution in [0.25, 0.3) is 0 Å². The summed E-state index contributed by atoms with van der Waals surface area (Å²) >= 11 is 5.85. The number of halogens is 1. The molecule has 0 amide bonds. The second-order valence-corrected chi connectivity index (χ2v) is 7.48. The van der Waals surface area contributed by atoms with Crippen molar-refractivity contribution in [3.63, 3.8) is 0 Å². The number of benzene rings is 2. The van der Waals surface area contributed by atoms with Crippen LogP contribution in [0.5, 0.6) is 5.75 Å². The fraction of sp³-hybridized carbons (Fsp3) is 0.250. The van der Waals surface area contributed by atoms with Gasteiger partial charge in [0.2, 0.25) is 0 Å². The van der Waals surface area contributed by atoms with Gasteiger partial charge in [0.15, 0.2) is 5.78 Å². The summed E-state index contributed by atoms with van der Waals surface area (Å²) < 4.78 is 5.61. The molecular formula is C24H25ClN2O2. The molecule has 0 aliphatic rings. The minimum absolute atomic E-state index is 0.0430. The first-order valence-electron chi connectivity index (χ1n) is 9.73. The number of hydrogen-bond acceptors (Lipinski definition) is 4. The summed E-state index contributed by atoms with van der Waals surface area (Å²) in [5.41, 5.74) is 4.16. The first-order chi connectivity index (χ1) is 14.0. The van der Waals surface area contributed by atoms with Gasteiger partial charge in [-0.05, 0) is 48.2 Å². The van der Waals surface area contributed by atoms with Crippen molar-refractivity contribution in [3.05, 3.63) is 88.2 Å². The standard InChI is InChI=1S/C24H25ClN2O2/c1-4-29-20-10-11-22(26-14-17-5-12-23(25)27-15-17)21(13-20)24(28)19-8-6-18(7-9-19)16(2)3/h5-13,15-16,26H,4,14H2,1-3H3. The van der Waals surface area contributed by atoms with E-state index in [-0.39, 0.29) is 5.78 Å². The van der Waals surface area contributed by atoms with Crippen molar-refractivity contribution < 1.29 is 9.53 Å². The summed E-state index contributed by atoms with van der Waals surface area (Å²) in [6.45, 7) is 7.27. The summed E-state index contributed by atoms with van der Waals surface area (Å²) in [5, 5.41) is 3.79. The van der Waals surface area contributed by atoms with E-state index >= 15 is 0 Å². The highest BCUT2D eigenvalue weighted by Crippen LogP contribution is 2.26. The molecule has 0 unspecified atom stereocenters. The van der Waals surface area contributed by atoms with Crippen LogP contribution < -0.4 is 10.1 Å². The van der Waals surface area contributed by atoms with Crippen molar-refractivity contribution in [1.82, 2.24) is 4.98 Å². The smallest absolute Gasteiger partial charge is 0.195 e. The number of ether oxygens (including phenoxy) is 1. The van der Waals surface area contributed by atoms with Gasteiger partial charge in [-0.15, -0.1) is 0 Å². The lowest BCUT2D eigenvalue weighted by atomic mass is 9.97. The maximum Gasteiger partial charge on any atom is 0.195 e. The van der Waals surface area contributed by atoms with Crippen LogP contribution in [-0.2, 0) is 6.54 Å². The van der Waals surface area contributed by atoms with Crippen LogP contribution >= 0.6 is 11.6 Å². The summed E-state index contributed by atoms with van der Waals surface area (Å²) in [4.78, 5) is 17.3. The number of anilines is 1. The Labute approximate surface area is 176 Å². The molecule has 4 nitrogen and oxygen atoms in total. The van der Waals surface area contributed by atoms with Gasteiger partial charge in [0.1, 0.15) is 10.9 Å². The molecule has 5 heteroatoms. The van der Waals surface area contributed by atoms with E-state index < -0.39 is 0 Å². The maximum absolute atomic E-state index is 13.2. The van der Waals surface area contributed by atoms with E-state index in [2.05, 4.69) is 24.1 Å². The molecule has 0 radical (unpaired) electrons. The number of aromatic nitrogens is 1. The van der Waals surface area contributed by atoms with Crippen molar-refractivity contribution in [3.8, 4) is 5.75 Å². The van der Waals surface area contributed by atoms with Gasteiger partial charge >= 0.3 is 0 Å².